The van der Waals surface area contributed by atoms with E-state index in [1.807, 2.05) is 6.07 Å². The van der Waals surface area contributed by atoms with E-state index in [1.165, 1.54) is 18.4 Å². The summed E-state index contributed by atoms with van der Waals surface area (Å²) in [5, 5.41) is 13.1. The van der Waals surface area contributed by atoms with Crippen molar-refractivity contribution in [2.75, 3.05) is 11.9 Å². The minimum Gasteiger partial charge on any atom is -0.504 e. The maximum atomic E-state index is 9.75. The second-order valence-electron chi connectivity index (χ2n) is 5.70. The summed E-state index contributed by atoms with van der Waals surface area (Å²) in [7, 11) is 0. The molecule has 1 unspecified atom stereocenters. The van der Waals surface area contributed by atoms with Crippen molar-refractivity contribution < 1.29 is 5.11 Å². The standard InChI is InChI=1S/C18H25N3O/c1-4-5-9-16(15-10-7-6-8-11-15)12-19-18-20-13(2)17(22)14(3)21-18/h6-8,10-11,16,22H,4-5,9,12H2,1-3H3,(H,19,20,21). The molecule has 2 N–H and O–H groups in total. The monoisotopic (exact) mass is 299 g/mol. The van der Waals surface area contributed by atoms with Crippen LogP contribution in [0.15, 0.2) is 30.3 Å². The Kier molecular flexibility index (Phi) is 5.75. The Morgan fingerprint density at radius 2 is 1.73 bits per heavy atom. The molecule has 1 aromatic carbocycles. The van der Waals surface area contributed by atoms with Gasteiger partial charge in [-0.25, -0.2) is 9.97 Å². The molecule has 0 aliphatic heterocycles. The van der Waals surface area contributed by atoms with Crippen molar-refractivity contribution in [1.29, 1.82) is 0 Å². The first kappa shape index (κ1) is 16.3. The van der Waals surface area contributed by atoms with Crippen LogP contribution in [-0.2, 0) is 0 Å². The smallest absolute Gasteiger partial charge is 0.223 e. The molecule has 0 bridgehead atoms. The lowest BCUT2D eigenvalue weighted by Crippen LogP contribution is -2.15. The van der Waals surface area contributed by atoms with Gasteiger partial charge in [0, 0.05) is 12.5 Å². The summed E-state index contributed by atoms with van der Waals surface area (Å²) < 4.78 is 0. The Morgan fingerprint density at radius 3 is 2.32 bits per heavy atom. The molecular weight excluding hydrogens is 274 g/mol. The number of anilines is 1. The van der Waals surface area contributed by atoms with E-state index in [-0.39, 0.29) is 5.75 Å². The number of aryl methyl sites for hydroxylation is 2. The van der Waals surface area contributed by atoms with Crippen LogP contribution in [0.3, 0.4) is 0 Å². The number of hydrogen-bond donors (Lipinski definition) is 2. The first-order valence-corrected chi connectivity index (χ1v) is 7.94. The van der Waals surface area contributed by atoms with Gasteiger partial charge in [0.05, 0.1) is 11.4 Å². The quantitative estimate of drug-likeness (QED) is 0.805. The van der Waals surface area contributed by atoms with Crippen LogP contribution >= 0.6 is 0 Å². The molecule has 118 valence electrons. The molecule has 2 aromatic rings. The summed E-state index contributed by atoms with van der Waals surface area (Å²) in [4.78, 5) is 8.61. The first-order chi connectivity index (χ1) is 10.6. The van der Waals surface area contributed by atoms with Gasteiger partial charge in [-0.2, -0.15) is 0 Å². The first-order valence-electron chi connectivity index (χ1n) is 7.94. The highest BCUT2D eigenvalue weighted by atomic mass is 16.3. The fourth-order valence-corrected chi connectivity index (χ4v) is 2.57. The highest BCUT2D eigenvalue weighted by Gasteiger charge is 2.12. The van der Waals surface area contributed by atoms with Gasteiger partial charge in [0.2, 0.25) is 5.95 Å². The van der Waals surface area contributed by atoms with Crippen molar-refractivity contribution in [3.8, 4) is 5.75 Å². The van der Waals surface area contributed by atoms with Crippen LogP contribution < -0.4 is 5.32 Å². The molecule has 0 amide bonds. The van der Waals surface area contributed by atoms with Crippen LogP contribution in [0.4, 0.5) is 5.95 Å². The minimum atomic E-state index is 0.177. The predicted molar refractivity (Wildman–Crippen MR) is 90.4 cm³/mol. The fourth-order valence-electron chi connectivity index (χ4n) is 2.57. The maximum Gasteiger partial charge on any atom is 0.223 e. The predicted octanol–water partition coefficient (Wildman–Crippen LogP) is 4.18. The van der Waals surface area contributed by atoms with E-state index in [4.69, 9.17) is 0 Å². The molecule has 0 aliphatic rings. The van der Waals surface area contributed by atoms with Gasteiger partial charge < -0.3 is 10.4 Å². The van der Waals surface area contributed by atoms with Crippen LogP contribution in [0.25, 0.3) is 0 Å². The van der Waals surface area contributed by atoms with Crippen LogP contribution in [0, 0.1) is 13.8 Å². The second kappa shape index (κ2) is 7.78. The summed E-state index contributed by atoms with van der Waals surface area (Å²) in [5.74, 6) is 1.21. The average molecular weight is 299 g/mol. The van der Waals surface area contributed by atoms with E-state index in [1.54, 1.807) is 13.8 Å². The molecule has 0 fully saturated rings. The number of rotatable bonds is 7. The van der Waals surface area contributed by atoms with E-state index < -0.39 is 0 Å². The lowest BCUT2D eigenvalue weighted by Gasteiger charge is -2.18. The van der Waals surface area contributed by atoms with E-state index in [0.29, 0.717) is 23.3 Å². The highest BCUT2D eigenvalue weighted by Crippen LogP contribution is 2.23. The Hall–Kier alpha value is -2.10. The fraction of sp³-hybridized carbons (Fsp3) is 0.444. The van der Waals surface area contributed by atoms with Gasteiger partial charge in [0.25, 0.3) is 0 Å². The topological polar surface area (TPSA) is 58.0 Å². The molecule has 4 heteroatoms. The summed E-state index contributed by atoms with van der Waals surface area (Å²) in [6, 6.07) is 10.6. The zero-order chi connectivity index (χ0) is 15.9. The van der Waals surface area contributed by atoms with Crippen molar-refractivity contribution in [1.82, 2.24) is 9.97 Å². The SMILES string of the molecule is CCCCC(CNc1nc(C)c(O)c(C)n1)c1ccccc1. The number of benzene rings is 1. The van der Waals surface area contributed by atoms with Gasteiger partial charge in [0.15, 0.2) is 5.75 Å². The molecule has 1 aromatic heterocycles. The number of aromatic hydroxyl groups is 1. The molecule has 0 spiro atoms. The van der Waals surface area contributed by atoms with E-state index in [0.717, 1.165) is 13.0 Å². The van der Waals surface area contributed by atoms with Gasteiger partial charge in [-0.15, -0.1) is 0 Å². The van der Waals surface area contributed by atoms with Gasteiger partial charge in [0.1, 0.15) is 0 Å². The Labute approximate surface area is 132 Å². The number of nitrogens with zero attached hydrogens (tertiary/aromatic N) is 2. The van der Waals surface area contributed by atoms with Crippen LogP contribution in [0.5, 0.6) is 5.75 Å². The molecule has 4 nitrogen and oxygen atoms in total. The van der Waals surface area contributed by atoms with Gasteiger partial charge in [-0.1, -0.05) is 50.1 Å². The number of hydrogen-bond acceptors (Lipinski definition) is 4. The maximum absolute atomic E-state index is 9.75. The summed E-state index contributed by atoms with van der Waals surface area (Å²) in [6.07, 6.45) is 3.54. The Bertz CT molecular complexity index is 576. The normalized spacial score (nSPS) is 12.1. The number of unbranched alkanes of at least 4 members (excludes halogenated alkanes) is 1. The second-order valence-corrected chi connectivity index (χ2v) is 5.70. The summed E-state index contributed by atoms with van der Waals surface area (Å²) >= 11 is 0. The minimum absolute atomic E-state index is 0.177. The Balaban J connectivity index is 2.08. The molecule has 22 heavy (non-hydrogen) atoms. The van der Waals surface area contributed by atoms with E-state index in [2.05, 4.69) is 46.5 Å². The molecule has 0 saturated heterocycles. The molecule has 0 radical (unpaired) electrons. The molecular formula is C18H25N3O. The van der Waals surface area contributed by atoms with Gasteiger partial charge in [-0.05, 0) is 25.8 Å². The molecule has 0 aliphatic carbocycles. The largest absolute Gasteiger partial charge is 0.504 e. The number of aromatic nitrogens is 2. The van der Waals surface area contributed by atoms with Crippen molar-refractivity contribution in [3.05, 3.63) is 47.3 Å². The summed E-state index contributed by atoms with van der Waals surface area (Å²) in [5.41, 5.74) is 2.57. The van der Waals surface area contributed by atoms with Crippen molar-refractivity contribution >= 4 is 5.95 Å². The molecule has 2 rings (SSSR count). The van der Waals surface area contributed by atoms with Crippen LogP contribution in [0.2, 0.25) is 0 Å². The van der Waals surface area contributed by atoms with Crippen LogP contribution in [0.1, 0.15) is 49.1 Å². The third-order valence-electron chi connectivity index (χ3n) is 3.92. The number of nitrogens with one attached hydrogen (secondary N) is 1. The summed E-state index contributed by atoms with van der Waals surface area (Å²) in [6.45, 7) is 6.60. The highest BCUT2D eigenvalue weighted by molar-refractivity contribution is 5.37. The van der Waals surface area contributed by atoms with Gasteiger partial charge in [-0.3, -0.25) is 0 Å². The molecule has 1 atom stereocenters. The lowest BCUT2D eigenvalue weighted by atomic mass is 9.93. The third kappa shape index (κ3) is 4.20. The van der Waals surface area contributed by atoms with Crippen molar-refractivity contribution in [2.45, 2.75) is 46.0 Å². The average Bonchev–Trinajstić information content (AvgIpc) is 2.53. The van der Waals surface area contributed by atoms with Crippen molar-refractivity contribution in [2.24, 2.45) is 0 Å². The van der Waals surface area contributed by atoms with Crippen LogP contribution in [-0.4, -0.2) is 21.6 Å². The van der Waals surface area contributed by atoms with Crippen molar-refractivity contribution in [3.63, 3.8) is 0 Å². The molecule has 0 saturated carbocycles. The zero-order valence-corrected chi connectivity index (χ0v) is 13.6. The zero-order valence-electron chi connectivity index (χ0n) is 13.6. The molecule has 1 heterocycles. The van der Waals surface area contributed by atoms with Gasteiger partial charge >= 0.3 is 0 Å². The lowest BCUT2D eigenvalue weighted by molar-refractivity contribution is 0.459. The Morgan fingerprint density at radius 1 is 1.09 bits per heavy atom. The van der Waals surface area contributed by atoms with E-state index in [9.17, 15) is 5.11 Å². The third-order valence-corrected chi connectivity index (χ3v) is 3.92. The van der Waals surface area contributed by atoms with E-state index >= 15 is 0 Å².